The van der Waals surface area contributed by atoms with Crippen molar-refractivity contribution in [3.63, 3.8) is 0 Å². The fourth-order valence-electron chi connectivity index (χ4n) is 2.37. The first-order chi connectivity index (χ1) is 10.3. The molecule has 0 bridgehead atoms. The van der Waals surface area contributed by atoms with Crippen molar-refractivity contribution in [2.24, 2.45) is 0 Å². The molecule has 0 radical (unpaired) electrons. The van der Waals surface area contributed by atoms with Crippen LogP contribution in [0, 0.1) is 11.3 Å². The van der Waals surface area contributed by atoms with Crippen LogP contribution in [0.3, 0.4) is 0 Å². The summed E-state index contributed by atoms with van der Waals surface area (Å²) in [5.41, 5.74) is 1.86. The van der Waals surface area contributed by atoms with Crippen molar-refractivity contribution in [1.29, 1.82) is 5.26 Å². The molecule has 0 aliphatic rings. The number of thiophene rings is 1. The van der Waals surface area contributed by atoms with Gasteiger partial charge in [-0.2, -0.15) is 5.26 Å². The first-order valence-electron chi connectivity index (χ1n) is 6.69. The predicted molar refractivity (Wildman–Crippen MR) is 90.4 cm³/mol. The SMILES string of the molecule is N#Cc1cccc2c1ccn2CCNCc1cc(Br)cs1. The van der Waals surface area contributed by atoms with Crippen LogP contribution in [0.1, 0.15) is 10.4 Å². The molecule has 3 rings (SSSR count). The quantitative estimate of drug-likeness (QED) is 0.695. The molecule has 1 aromatic carbocycles. The van der Waals surface area contributed by atoms with E-state index in [1.165, 1.54) is 4.88 Å². The van der Waals surface area contributed by atoms with E-state index in [9.17, 15) is 0 Å². The number of fused-ring (bicyclic) bond motifs is 1. The van der Waals surface area contributed by atoms with Crippen molar-refractivity contribution in [3.8, 4) is 6.07 Å². The highest BCUT2D eigenvalue weighted by Gasteiger charge is 2.04. The Morgan fingerprint density at radius 1 is 1.33 bits per heavy atom. The van der Waals surface area contributed by atoms with E-state index in [-0.39, 0.29) is 0 Å². The Balaban J connectivity index is 1.62. The highest BCUT2D eigenvalue weighted by Crippen LogP contribution is 2.20. The Hall–Kier alpha value is -1.61. The van der Waals surface area contributed by atoms with E-state index in [0.29, 0.717) is 0 Å². The maximum absolute atomic E-state index is 9.11. The molecule has 0 unspecified atom stereocenters. The van der Waals surface area contributed by atoms with Gasteiger partial charge in [0.25, 0.3) is 0 Å². The van der Waals surface area contributed by atoms with E-state index in [4.69, 9.17) is 5.26 Å². The second-order valence-electron chi connectivity index (χ2n) is 4.77. The molecule has 0 aliphatic heterocycles. The molecule has 1 N–H and O–H groups in total. The van der Waals surface area contributed by atoms with Crippen LogP contribution in [0.25, 0.3) is 10.9 Å². The summed E-state index contributed by atoms with van der Waals surface area (Å²) in [6.45, 7) is 2.68. The number of aromatic nitrogens is 1. The third-order valence-corrected chi connectivity index (χ3v) is 5.08. The largest absolute Gasteiger partial charge is 0.346 e. The minimum Gasteiger partial charge on any atom is -0.346 e. The number of nitrogens with zero attached hydrogens (tertiary/aromatic N) is 2. The molecular formula is C16H14BrN3S. The van der Waals surface area contributed by atoms with E-state index in [1.807, 2.05) is 18.2 Å². The predicted octanol–water partition coefficient (Wildman–Crippen LogP) is 4.13. The van der Waals surface area contributed by atoms with Gasteiger partial charge in [0.05, 0.1) is 11.6 Å². The van der Waals surface area contributed by atoms with Crippen molar-refractivity contribution in [3.05, 3.63) is 56.8 Å². The van der Waals surface area contributed by atoms with E-state index in [2.05, 4.69) is 55.6 Å². The number of nitrogens with one attached hydrogen (secondary N) is 1. The molecule has 0 amide bonds. The van der Waals surface area contributed by atoms with E-state index in [1.54, 1.807) is 11.3 Å². The van der Waals surface area contributed by atoms with Crippen molar-refractivity contribution in [2.45, 2.75) is 13.1 Å². The molecule has 0 aliphatic carbocycles. The summed E-state index contributed by atoms with van der Waals surface area (Å²) in [5.74, 6) is 0. The molecular weight excluding hydrogens is 346 g/mol. The van der Waals surface area contributed by atoms with Gasteiger partial charge >= 0.3 is 0 Å². The van der Waals surface area contributed by atoms with Crippen LogP contribution in [0.15, 0.2) is 46.4 Å². The monoisotopic (exact) mass is 359 g/mol. The summed E-state index contributed by atoms with van der Waals surface area (Å²) in [7, 11) is 0. The molecule has 0 fully saturated rings. The van der Waals surface area contributed by atoms with Crippen molar-refractivity contribution in [1.82, 2.24) is 9.88 Å². The van der Waals surface area contributed by atoms with Crippen LogP contribution >= 0.6 is 27.3 Å². The number of nitriles is 1. The summed E-state index contributed by atoms with van der Waals surface area (Å²) in [6, 6.07) is 12.3. The average molecular weight is 360 g/mol. The Labute approximate surface area is 135 Å². The molecule has 2 heterocycles. The molecule has 2 aromatic heterocycles. The van der Waals surface area contributed by atoms with Gasteiger partial charge in [-0.3, -0.25) is 0 Å². The fraction of sp³-hybridized carbons (Fsp3) is 0.188. The molecule has 0 saturated heterocycles. The summed E-state index contributed by atoms with van der Waals surface area (Å²) >= 11 is 5.22. The zero-order valence-corrected chi connectivity index (χ0v) is 13.7. The lowest BCUT2D eigenvalue weighted by molar-refractivity contribution is 0.613. The molecule has 5 heteroatoms. The van der Waals surface area contributed by atoms with Crippen LogP contribution < -0.4 is 5.32 Å². The molecule has 0 atom stereocenters. The number of halogens is 1. The maximum atomic E-state index is 9.11. The third-order valence-electron chi connectivity index (χ3n) is 3.38. The highest BCUT2D eigenvalue weighted by molar-refractivity contribution is 9.10. The highest BCUT2D eigenvalue weighted by atomic mass is 79.9. The van der Waals surface area contributed by atoms with Crippen LogP contribution in [-0.4, -0.2) is 11.1 Å². The summed E-state index contributed by atoms with van der Waals surface area (Å²) in [4.78, 5) is 1.33. The third kappa shape index (κ3) is 3.18. The zero-order valence-electron chi connectivity index (χ0n) is 11.3. The molecule has 0 spiro atoms. The second kappa shape index (κ2) is 6.44. The van der Waals surface area contributed by atoms with Gasteiger partial charge in [0.2, 0.25) is 0 Å². The van der Waals surface area contributed by atoms with Gasteiger partial charge < -0.3 is 9.88 Å². The van der Waals surface area contributed by atoms with Crippen molar-refractivity contribution < 1.29 is 0 Å². The van der Waals surface area contributed by atoms with Crippen molar-refractivity contribution in [2.75, 3.05) is 6.54 Å². The van der Waals surface area contributed by atoms with E-state index >= 15 is 0 Å². The number of rotatable bonds is 5. The number of benzene rings is 1. The topological polar surface area (TPSA) is 40.8 Å². The Kier molecular flexibility index (Phi) is 4.39. The second-order valence-corrected chi connectivity index (χ2v) is 6.68. The standard InChI is InChI=1S/C16H14BrN3S/c17-13-8-14(21-11-13)10-19-5-7-20-6-4-15-12(9-18)2-1-3-16(15)20/h1-4,6,8,11,19H,5,7,10H2. The van der Waals surface area contributed by atoms with E-state index in [0.717, 1.165) is 40.6 Å². The Morgan fingerprint density at radius 3 is 3.00 bits per heavy atom. The van der Waals surface area contributed by atoms with Crippen LogP contribution in [0.5, 0.6) is 0 Å². The Morgan fingerprint density at radius 2 is 2.24 bits per heavy atom. The van der Waals surface area contributed by atoms with E-state index < -0.39 is 0 Å². The molecule has 3 aromatic rings. The van der Waals surface area contributed by atoms with Gasteiger partial charge in [-0.1, -0.05) is 6.07 Å². The first kappa shape index (κ1) is 14.3. The number of hydrogen-bond donors (Lipinski definition) is 1. The summed E-state index contributed by atoms with van der Waals surface area (Å²) in [6.07, 6.45) is 2.05. The van der Waals surface area contributed by atoms with Gasteiger partial charge in [-0.15, -0.1) is 11.3 Å². The van der Waals surface area contributed by atoms with Crippen molar-refractivity contribution >= 4 is 38.2 Å². The van der Waals surface area contributed by atoms with Gasteiger partial charge in [-0.05, 0) is 40.2 Å². The fourth-order valence-corrected chi connectivity index (χ4v) is 3.79. The van der Waals surface area contributed by atoms with Gasteiger partial charge in [0.15, 0.2) is 0 Å². The lowest BCUT2D eigenvalue weighted by Crippen LogP contribution is -2.18. The normalized spacial score (nSPS) is 10.9. The summed E-state index contributed by atoms with van der Waals surface area (Å²) < 4.78 is 3.33. The molecule has 0 saturated carbocycles. The summed E-state index contributed by atoms with van der Waals surface area (Å²) in [5, 5.41) is 15.7. The van der Waals surface area contributed by atoms with Gasteiger partial charge in [-0.25, -0.2) is 0 Å². The van der Waals surface area contributed by atoms with Gasteiger partial charge in [0, 0.05) is 51.5 Å². The average Bonchev–Trinajstić information content (AvgIpc) is 3.10. The van der Waals surface area contributed by atoms with Crippen LogP contribution in [0.2, 0.25) is 0 Å². The number of hydrogen-bond acceptors (Lipinski definition) is 3. The maximum Gasteiger partial charge on any atom is 0.0998 e. The Bertz CT molecular complexity index is 797. The first-order valence-corrected chi connectivity index (χ1v) is 8.37. The lowest BCUT2D eigenvalue weighted by Gasteiger charge is -2.07. The minimum atomic E-state index is 0.739. The molecule has 3 nitrogen and oxygen atoms in total. The molecule has 21 heavy (non-hydrogen) atoms. The van der Waals surface area contributed by atoms with Gasteiger partial charge in [0.1, 0.15) is 0 Å². The lowest BCUT2D eigenvalue weighted by atomic mass is 10.1. The van der Waals surface area contributed by atoms with Crippen LogP contribution in [-0.2, 0) is 13.1 Å². The van der Waals surface area contributed by atoms with Crippen LogP contribution in [0.4, 0.5) is 0 Å². The zero-order chi connectivity index (χ0) is 14.7. The minimum absolute atomic E-state index is 0.739. The molecule has 106 valence electrons. The smallest absolute Gasteiger partial charge is 0.0998 e.